The normalized spacial score (nSPS) is 13.1. The lowest BCUT2D eigenvalue weighted by Gasteiger charge is -2.09. The molecule has 0 aliphatic rings. The smallest absolute Gasteiger partial charge is 0.0885 e. The second-order valence-electron chi connectivity index (χ2n) is 3.32. The van der Waals surface area contributed by atoms with Gasteiger partial charge in [0.25, 0.3) is 0 Å². The zero-order valence-electron chi connectivity index (χ0n) is 8.82. The van der Waals surface area contributed by atoms with Gasteiger partial charge in [0.1, 0.15) is 0 Å². The van der Waals surface area contributed by atoms with Crippen molar-refractivity contribution in [3.05, 3.63) is 21.9 Å². The molecule has 1 heterocycles. The van der Waals surface area contributed by atoms with Crippen LogP contribution in [0.4, 0.5) is 0 Å². The molecule has 0 saturated heterocycles. The number of hydrogen-bond donors (Lipinski definition) is 1. The highest BCUT2D eigenvalue weighted by Crippen LogP contribution is 2.26. The van der Waals surface area contributed by atoms with Gasteiger partial charge in [0.15, 0.2) is 0 Å². The second-order valence-corrected chi connectivity index (χ2v) is 4.27. The first-order valence-electron chi connectivity index (χ1n) is 5.05. The van der Waals surface area contributed by atoms with Crippen molar-refractivity contribution in [2.75, 3.05) is 13.2 Å². The number of aliphatic hydroxyl groups is 1. The Labute approximate surface area is 89.5 Å². The van der Waals surface area contributed by atoms with Crippen LogP contribution in [0, 0.1) is 6.92 Å². The quantitative estimate of drug-likeness (QED) is 0.738. The van der Waals surface area contributed by atoms with Crippen molar-refractivity contribution in [3.63, 3.8) is 0 Å². The van der Waals surface area contributed by atoms with Gasteiger partial charge in [-0.25, -0.2) is 0 Å². The first-order valence-corrected chi connectivity index (χ1v) is 5.93. The number of ether oxygens (including phenoxy) is 1. The van der Waals surface area contributed by atoms with Gasteiger partial charge in [0, 0.05) is 18.1 Å². The van der Waals surface area contributed by atoms with E-state index in [0.29, 0.717) is 0 Å². The van der Waals surface area contributed by atoms with E-state index < -0.39 is 0 Å². The van der Waals surface area contributed by atoms with Crippen LogP contribution in [0.2, 0.25) is 0 Å². The highest BCUT2D eigenvalue weighted by molar-refractivity contribution is 7.10. The Morgan fingerprint density at radius 1 is 1.57 bits per heavy atom. The molecule has 1 aromatic rings. The minimum Gasteiger partial charge on any atom is -0.388 e. The van der Waals surface area contributed by atoms with E-state index in [0.717, 1.165) is 30.9 Å². The van der Waals surface area contributed by atoms with E-state index in [1.807, 2.05) is 25.3 Å². The average molecular weight is 214 g/mol. The molecule has 1 N–H and O–H groups in total. The fraction of sp³-hybridized carbons (Fsp3) is 0.636. The molecule has 3 heteroatoms. The van der Waals surface area contributed by atoms with Gasteiger partial charge in [0.05, 0.1) is 6.10 Å². The molecule has 0 bridgehead atoms. The van der Waals surface area contributed by atoms with Crippen LogP contribution >= 0.6 is 11.3 Å². The summed E-state index contributed by atoms with van der Waals surface area (Å²) in [5, 5.41) is 11.9. The van der Waals surface area contributed by atoms with Crippen LogP contribution in [-0.2, 0) is 4.74 Å². The Bertz CT molecular complexity index is 258. The van der Waals surface area contributed by atoms with Crippen molar-refractivity contribution in [2.24, 2.45) is 0 Å². The minimum absolute atomic E-state index is 0.310. The zero-order chi connectivity index (χ0) is 10.4. The molecule has 14 heavy (non-hydrogen) atoms. The third-order valence-corrected chi connectivity index (χ3v) is 3.29. The SMILES string of the molecule is CCOCCCC(O)c1sccc1C. The number of hydrogen-bond acceptors (Lipinski definition) is 3. The highest BCUT2D eigenvalue weighted by Gasteiger charge is 2.10. The number of rotatable bonds is 6. The summed E-state index contributed by atoms with van der Waals surface area (Å²) in [5.74, 6) is 0. The molecule has 0 radical (unpaired) electrons. The van der Waals surface area contributed by atoms with Crippen molar-refractivity contribution in [1.29, 1.82) is 0 Å². The van der Waals surface area contributed by atoms with E-state index in [-0.39, 0.29) is 6.10 Å². The average Bonchev–Trinajstić information content (AvgIpc) is 2.59. The van der Waals surface area contributed by atoms with Gasteiger partial charge < -0.3 is 9.84 Å². The van der Waals surface area contributed by atoms with Gasteiger partial charge >= 0.3 is 0 Å². The summed E-state index contributed by atoms with van der Waals surface area (Å²) < 4.78 is 5.22. The van der Waals surface area contributed by atoms with Crippen molar-refractivity contribution in [3.8, 4) is 0 Å². The molecule has 2 nitrogen and oxygen atoms in total. The van der Waals surface area contributed by atoms with Gasteiger partial charge in [-0.1, -0.05) is 0 Å². The molecule has 0 saturated carbocycles. The van der Waals surface area contributed by atoms with E-state index in [2.05, 4.69) is 0 Å². The number of aliphatic hydroxyl groups excluding tert-OH is 1. The van der Waals surface area contributed by atoms with E-state index in [1.54, 1.807) is 11.3 Å². The maximum atomic E-state index is 9.84. The van der Waals surface area contributed by atoms with Crippen molar-refractivity contribution >= 4 is 11.3 Å². The fourth-order valence-electron chi connectivity index (χ4n) is 1.38. The van der Waals surface area contributed by atoms with Gasteiger partial charge in [-0.3, -0.25) is 0 Å². The third-order valence-electron chi connectivity index (χ3n) is 2.17. The molecular weight excluding hydrogens is 196 g/mol. The van der Waals surface area contributed by atoms with Crippen LogP contribution in [0.5, 0.6) is 0 Å². The minimum atomic E-state index is -0.310. The number of aryl methyl sites for hydroxylation is 1. The Balaban J connectivity index is 2.28. The molecule has 1 atom stereocenters. The molecule has 0 spiro atoms. The van der Waals surface area contributed by atoms with Crippen LogP contribution in [0.25, 0.3) is 0 Å². The molecule has 0 amide bonds. The van der Waals surface area contributed by atoms with Crippen molar-refractivity contribution in [1.82, 2.24) is 0 Å². The first kappa shape index (κ1) is 11.7. The lowest BCUT2D eigenvalue weighted by molar-refractivity contribution is 0.116. The fourth-order valence-corrected chi connectivity index (χ4v) is 2.33. The van der Waals surface area contributed by atoms with E-state index in [4.69, 9.17) is 4.74 Å². The molecule has 80 valence electrons. The van der Waals surface area contributed by atoms with Crippen LogP contribution < -0.4 is 0 Å². The molecule has 0 aromatic carbocycles. The first-order chi connectivity index (χ1) is 6.75. The standard InChI is InChI=1S/C11H18O2S/c1-3-13-7-4-5-10(12)11-9(2)6-8-14-11/h6,8,10,12H,3-5,7H2,1-2H3. The predicted octanol–water partition coefficient (Wildman–Crippen LogP) is 2.91. The van der Waals surface area contributed by atoms with E-state index in [9.17, 15) is 5.11 Å². The van der Waals surface area contributed by atoms with E-state index in [1.165, 1.54) is 5.56 Å². The lowest BCUT2D eigenvalue weighted by atomic mass is 10.1. The Morgan fingerprint density at radius 2 is 2.36 bits per heavy atom. The lowest BCUT2D eigenvalue weighted by Crippen LogP contribution is -2.00. The van der Waals surface area contributed by atoms with Gasteiger partial charge in [0.2, 0.25) is 0 Å². The Hall–Kier alpha value is -0.380. The maximum absolute atomic E-state index is 9.84. The molecule has 0 aliphatic heterocycles. The molecule has 1 aromatic heterocycles. The summed E-state index contributed by atoms with van der Waals surface area (Å²) in [7, 11) is 0. The van der Waals surface area contributed by atoms with Crippen molar-refractivity contribution in [2.45, 2.75) is 32.8 Å². The largest absolute Gasteiger partial charge is 0.388 e. The summed E-state index contributed by atoms with van der Waals surface area (Å²) in [6.45, 7) is 5.53. The summed E-state index contributed by atoms with van der Waals surface area (Å²) in [6, 6.07) is 2.05. The van der Waals surface area contributed by atoms with Gasteiger partial charge in [-0.05, 0) is 43.7 Å². The molecule has 1 unspecified atom stereocenters. The van der Waals surface area contributed by atoms with Crippen LogP contribution in [0.15, 0.2) is 11.4 Å². The summed E-state index contributed by atoms with van der Waals surface area (Å²) in [6.07, 6.45) is 1.41. The van der Waals surface area contributed by atoms with Gasteiger partial charge in [-0.2, -0.15) is 0 Å². The highest BCUT2D eigenvalue weighted by atomic mass is 32.1. The summed E-state index contributed by atoms with van der Waals surface area (Å²) in [5.41, 5.74) is 1.19. The Kier molecular flexibility index (Phi) is 5.15. The van der Waals surface area contributed by atoms with E-state index >= 15 is 0 Å². The number of thiophene rings is 1. The predicted molar refractivity (Wildman–Crippen MR) is 59.7 cm³/mol. The summed E-state index contributed by atoms with van der Waals surface area (Å²) >= 11 is 1.63. The van der Waals surface area contributed by atoms with Crippen molar-refractivity contribution < 1.29 is 9.84 Å². The third kappa shape index (κ3) is 3.40. The maximum Gasteiger partial charge on any atom is 0.0885 e. The monoisotopic (exact) mass is 214 g/mol. The van der Waals surface area contributed by atoms with Crippen LogP contribution in [0.1, 0.15) is 36.3 Å². The Morgan fingerprint density at radius 3 is 2.93 bits per heavy atom. The molecule has 1 rings (SSSR count). The molecule has 0 aliphatic carbocycles. The van der Waals surface area contributed by atoms with Crippen LogP contribution in [0.3, 0.4) is 0 Å². The van der Waals surface area contributed by atoms with Gasteiger partial charge in [-0.15, -0.1) is 11.3 Å². The summed E-state index contributed by atoms with van der Waals surface area (Å²) in [4.78, 5) is 1.10. The van der Waals surface area contributed by atoms with Crippen LogP contribution in [-0.4, -0.2) is 18.3 Å². The topological polar surface area (TPSA) is 29.5 Å². The zero-order valence-corrected chi connectivity index (χ0v) is 9.64. The molecule has 0 fully saturated rings. The second kappa shape index (κ2) is 6.17. The molecular formula is C11H18O2S.